The predicted octanol–water partition coefficient (Wildman–Crippen LogP) is 0.853. The lowest BCUT2D eigenvalue weighted by atomic mass is 9.94. The Morgan fingerprint density at radius 2 is 2.24 bits per heavy atom. The molecule has 2 atom stereocenters. The van der Waals surface area contributed by atoms with Gasteiger partial charge in [-0.1, -0.05) is 11.6 Å². The van der Waals surface area contributed by atoms with Crippen molar-refractivity contribution in [3.05, 3.63) is 31.8 Å². The highest BCUT2D eigenvalue weighted by atomic mass is 35.5. The predicted molar refractivity (Wildman–Crippen MR) is 60.0 cm³/mol. The molecule has 0 bridgehead atoms. The number of aromatic nitrogens is 2. The van der Waals surface area contributed by atoms with Gasteiger partial charge in [0.2, 0.25) is 5.82 Å². The Morgan fingerprint density at radius 3 is 2.76 bits per heavy atom. The number of rotatable bonds is 1. The number of hydrogen-bond acceptors (Lipinski definition) is 3. The molecular formula is C10H12ClFN2O3. The minimum absolute atomic E-state index is 0.345. The molecule has 17 heavy (non-hydrogen) atoms. The third kappa shape index (κ3) is 1.71. The molecule has 0 aliphatic carbocycles. The molecule has 1 aliphatic heterocycles. The molecule has 2 unspecified atom stereocenters. The van der Waals surface area contributed by atoms with Crippen LogP contribution in [0.25, 0.3) is 0 Å². The highest BCUT2D eigenvalue weighted by Gasteiger charge is 2.41. The number of ether oxygens (including phenoxy) is 1. The monoisotopic (exact) mass is 262 g/mol. The molecule has 0 saturated carbocycles. The largest absolute Gasteiger partial charge is 0.376 e. The average Bonchev–Trinajstić information content (AvgIpc) is 2.57. The Hall–Kier alpha value is -1.14. The van der Waals surface area contributed by atoms with E-state index in [1.807, 2.05) is 0 Å². The van der Waals surface area contributed by atoms with E-state index in [1.165, 1.54) is 0 Å². The summed E-state index contributed by atoms with van der Waals surface area (Å²) in [4.78, 5) is 25.6. The van der Waals surface area contributed by atoms with Crippen LogP contribution in [0.1, 0.15) is 20.3 Å². The van der Waals surface area contributed by atoms with Gasteiger partial charge in [0.15, 0.2) is 5.15 Å². The minimum atomic E-state index is -1.15. The van der Waals surface area contributed by atoms with Crippen molar-refractivity contribution in [2.45, 2.75) is 31.9 Å². The zero-order valence-electron chi connectivity index (χ0n) is 9.42. The van der Waals surface area contributed by atoms with E-state index in [9.17, 15) is 14.0 Å². The molecule has 2 rings (SSSR count). The quantitative estimate of drug-likeness (QED) is 0.764. The molecule has 2 heterocycles. The summed E-state index contributed by atoms with van der Waals surface area (Å²) in [5.74, 6) is -1.15. The van der Waals surface area contributed by atoms with Crippen LogP contribution in [0.2, 0.25) is 5.15 Å². The SMILES string of the molecule is CC1OCCC1(C)n1c(=O)[nH]c(Cl)c(F)c1=O. The number of halogens is 2. The molecule has 0 radical (unpaired) electrons. The lowest BCUT2D eigenvalue weighted by Crippen LogP contribution is -2.52. The van der Waals surface area contributed by atoms with Crippen LogP contribution in [-0.2, 0) is 10.3 Å². The van der Waals surface area contributed by atoms with Crippen LogP contribution in [0.15, 0.2) is 9.59 Å². The number of nitrogens with one attached hydrogen (secondary N) is 1. The van der Waals surface area contributed by atoms with Crippen molar-refractivity contribution in [2.75, 3.05) is 6.61 Å². The summed E-state index contributed by atoms with van der Waals surface area (Å²) in [5, 5.41) is -0.564. The lowest BCUT2D eigenvalue weighted by molar-refractivity contribution is 0.0720. The van der Waals surface area contributed by atoms with Crippen LogP contribution in [0, 0.1) is 5.82 Å². The Labute approximate surface area is 101 Å². The number of aromatic amines is 1. The molecule has 1 N–H and O–H groups in total. The first-order valence-electron chi connectivity index (χ1n) is 5.20. The van der Waals surface area contributed by atoms with Gasteiger partial charge in [-0.3, -0.25) is 9.78 Å². The zero-order valence-corrected chi connectivity index (χ0v) is 10.2. The Morgan fingerprint density at radius 1 is 1.59 bits per heavy atom. The molecule has 7 heteroatoms. The normalized spacial score (nSPS) is 28.6. The van der Waals surface area contributed by atoms with E-state index >= 15 is 0 Å². The first-order valence-corrected chi connectivity index (χ1v) is 5.58. The topological polar surface area (TPSA) is 64.1 Å². The fourth-order valence-electron chi connectivity index (χ4n) is 2.07. The average molecular weight is 263 g/mol. The van der Waals surface area contributed by atoms with E-state index in [2.05, 4.69) is 4.98 Å². The lowest BCUT2D eigenvalue weighted by Gasteiger charge is -2.28. The van der Waals surface area contributed by atoms with Crippen LogP contribution in [0.4, 0.5) is 4.39 Å². The van der Waals surface area contributed by atoms with E-state index in [4.69, 9.17) is 16.3 Å². The first kappa shape index (κ1) is 12.3. The molecule has 0 amide bonds. The van der Waals surface area contributed by atoms with Crippen molar-refractivity contribution >= 4 is 11.6 Å². The van der Waals surface area contributed by atoms with Gasteiger partial charge in [0.25, 0.3) is 5.56 Å². The second-order valence-corrected chi connectivity index (χ2v) is 4.70. The number of hydrogen-bond donors (Lipinski definition) is 1. The molecular weight excluding hydrogens is 251 g/mol. The second-order valence-electron chi connectivity index (χ2n) is 4.32. The third-order valence-corrected chi connectivity index (χ3v) is 3.63. The van der Waals surface area contributed by atoms with Crippen LogP contribution in [0.3, 0.4) is 0 Å². The van der Waals surface area contributed by atoms with Crippen LogP contribution in [-0.4, -0.2) is 22.3 Å². The first-order chi connectivity index (χ1) is 7.88. The molecule has 0 aromatic carbocycles. The summed E-state index contributed by atoms with van der Waals surface area (Å²) in [6.07, 6.45) is 0.125. The van der Waals surface area contributed by atoms with Gasteiger partial charge in [0.05, 0.1) is 11.6 Å². The van der Waals surface area contributed by atoms with Crippen molar-refractivity contribution in [3.8, 4) is 0 Å². The van der Waals surface area contributed by atoms with Gasteiger partial charge in [-0.15, -0.1) is 0 Å². The van der Waals surface area contributed by atoms with Crippen LogP contribution >= 0.6 is 11.6 Å². The molecule has 1 aromatic heterocycles. The van der Waals surface area contributed by atoms with Gasteiger partial charge in [-0.05, 0) is 20.3 Å². The second kappa shape index (κ2) is 3.96. The molecule has 94 valence electrons. The van der Waals surface area contributed by atoms with E-state index in [-0.39, 0.29) is 6.10 Å². The summed E-state index contributed by atoms with van der Waals surface area (Å²) in [7, 11) is 0. The molecule has 0 spiro atoms. The van der Waals surface area contributed by atoms with Crippen molar-refractivity contribution in [3.63, 3.8) is 0 Å². The van der Waals surface area contributed by atoms with Gasteiger partial charge >= 0.3 is 5.69 Å². The summed E-state index contributed by atoms with van der Waals surface area (Å²) in [6, 6.07) is 0. The maximum atomic E-state index is 13.4. The van der Waals surface area contributed by atoms with E-state index in [0.717, 1.165) is 4.57 Å². The Bertz CT molecular complexity index is 568. The van der Waals surface area contributed by atoms with Crippen molar-refractivity contribution in [1.82, 2.24) is 9.55 Å². The molecule has 1 saturated heterocycles. The zero-order chi connectivity index (χ0) is 12.8. The smallest absolute Gasteiger partial charge is 0.330 e. The standard InChI is InChI=1S/C10H12ClFN2O3/c1-5-10(2,3-4-17-5)14-8(15)6(12)7(11)13-9(14)16/h5H,3-4H2,1-2H3,(H,13,16). The third-order valence-electron chi connectivity index (χ3n) is 3.37. The summed E-state index contributed by atoms with van der Waals surface area (Å²) in [6.45, 7) is 3.85. The maximum absolute atomic E-state index is 13.4. The number of H-pyrrole nitrogens is 1. The van der Waals surface area contributed by atoms with E-state index in [0.29, 0.717) is 13.0 Å². The Balaban J connectivity index is 2.73. The highest BCUT2D eigenvalue weighted by molar-refractivity contribution is 6.29. The minimum Gasteiger partial charge on any atom is -0.376 e. The van der Waals surface area contributed by atoms with Gasteiger partial charge in [-0.2, -0.15) is 4.39 Å². The van der Waals surface area contributed by atoms with Crippen molar-refractivity contribution in [2.24, 2.45) is 0 Å². The van der Waals surface area contributed by atoms with Crippen molar-refractivity contribution in [1.29, 1.82) is 0 Å². The van der Waals surface area contributed by atoms with Gasteiger partial charge in [-0.25, -0.2) is 9.36 Å². The summed E-state index contributed by atoms with van der Waals surface area (Å²) < 4.78 is 19.6. The molecule has 1 aromatic rings. The van der Waals surface area contributed by atoms with Crippen LogP contribution in [0.5, 0.6) is 0 Å². The highest BCUT2D eigenvalue weighted by Crippen LogP contribution is 2.30. The maximum Gasteiger partial charge on any atom is 0.330 e. The Kier molecular flexibility index (Phi) is 2.87. The molecule has 1 fully saturated rings. The summed E-state index contributed by atoms with van der Waals surface area (Å²) in [5.41, 5.74) is -2.59. The molecule has 1 aliphatic rings. The van der Waals surface area contributed by atoms with E-state index < -0.39 is 27.8 Å². The van der Waals surface area contributed by atoms with Crippen molar-refractivity contribution < 1.29 is 9.13 Å². The van der Waals surface area contributed by atoms with Gasteiger partial charge in [0.1, 0.15) is 0 Å². The number of nitrogens with zero attached hydrogens (tertiary/aromatic N) is 1. The summed E-state index contributed by atoms with van der Waals surface area (Å²) >= 11 is 5.40. The van der Waals surface area contributed by atoms with Gasteiger partial charge < -0.3 is 4.74 Å². The van der Waals surface area contributed by atoms with Crippen LogP contribution < -0.4 is 11.2 Å². The molecule has 5 nitrogen and oxygen atoms in total. The van der Waals surface area contributed by atoms with E-state index in [1.54, 1.807) is 13.8 Å². The fourth-order valence-corrected chi connectivity index (χ4v) is 2.23. The fraction of sp³-hybridized carbons (Fsp3) is 0.600. The van der Waals surface area contributed by atoms with Gasteiger partial charge in [0, 0.05) is 6.61 Å².